The van der Waals surface area contributed by atoms with Gasteiger partial charge < -0.3 is 0 Å². The average Bonchev–Trinajstić information content (AvgIpc) is 2.21. The monoisotopic (exact) mass is 240 g/mol. The van der Waals surface area contributed by atoms with Crippen molar-refractivity contribution in [2.24, 2.45) is 0 Å². The van der Waals surface area contributed by atoms with Crippen molar-refractivity contribution in [1.82, 2.24) is 0 Å². The molecule has 2 nitrogen and oxygen atoms in total. The lowest BCUT2D eigenvalue weighted by molar-refractivity contribution is 0.594. The topological polar surface area (TPSA) is 34.1 Å². The van der Waals surface area contributed by atoms with Crippen LogP contribution < -0.4 is 0 Å². The number of aryl methyl sites for hydroxylation is 1. The fourth-order valence-corrected chi connectivity index (χ4v) is 3.19. The summed E-state index contributed by atoms with van der Waals surface area (Å²) in [6, 6.07) is 7.91. The van der Waals surface area contributed by atoms with Crippen molar-refractivity contribution in [2.75, 3.05) is 5.75 Å². The molecule has 0 N–H and O–H groups in total. The Morgan fingerprint density at radius 1 is 0.938 bits per heavy atom. The Morgan fingerprint density at radius 3 is 2.00 bits per heavy atom. The molecule has 0 radical (unpaired) electrons. The van der Waals surface area contributed by atoms with Crippen molar-refractivity contribution in [2.45, 2.75) is 38.9 Å². The van der Waals surface area contributed by atoms with Crippen LogP contribution in [0.15, 0.2) is 24.3 Å². The van der Waals surface area contributed by atoms with Crippen LogP contribution in [-0.4, -0.2) is 14.2 Å². The predicted molar refractivity (Wildman–Crippen MR) is 68.2 cm³/mol. The van der Waals surface area contributed by atoms with Gasteiger partial charge in [0, 0.05) is 0 Å². The van der Waals surface area contributed by atoms with Gasteiger partial charge in [-0.05, 0) is 24.0 Å². The zero-order chi connectivity index (χ0) is 12.0. The Morgan fingerprint density at radius 2 is 1.50 bits per heavy atom. The number of hydrogen-bond donors (Lipinski definition) is 0. The highest BCUT2D eigenvalue weighted by atomic mass is 32.2. The maximum atomic E-state index is 11.6. The number of benzene rings is 1. The Labute approximate surface area is 98.6 Å². The molecule has 3 heteroatoms. The van der Waals surface area contributed by atoms with Gasteiger partial charge in [-0.25, -0.2) is 8.42 Å². The molecule has 16 heavy (non-hydrogen) atoms. The maximum absolute atomic E-state index is 11.6. The van der Waals surface area contributed by atoms with Crippen molar-refractivity contribution in [3.8, 4) is 0 Å². The van der Waals surface area contributed by atoms with E-state index in [1.807, 2.05) is 31.2 Å². The molecule has 90 valence electrons. The van der Waals surface area contributed by atoms with Crippen molar-refractivity contribution < 1.29 is 8.42 Å². The third-order valence-electron chi connectivity index (χ3n) is 2.46. The summed E-state index contributed by atoms with van der Waals surface area (Å²) in [5, 5.41) is 0. The molecule has 0 atom stereocenters. The fourth-order valence-electron chi connectivity index (χ4n) is 1.73. The molecule has 1 aromatic carbocycles. The molecule has 0 aliphatic rings. The summed E-state index contributed by atoms with van der Waals surface area (Å²) < 4.78 is 23.2. The Bertz CT molecular complexity index is 404. The molecule has 0 aromatic heterocycles. The van der Waals surface area contributed by atoms with Crippen molar-refractivity contribution in [3.05, 3.63) is 35.4 Å². The van der Waals surface area contributed by atoms with Gasteiger partial charge in [-0.3, -0.25) is 0 Å². The van der Waals surface area contributed by atoms with Crippen molar-refractivity contribution in [3.63, 3.8) is 0 Å². The van der Waals surface area contributed by atoms with Crippen molar-refractivity contribution in [1.29, 1.82) is 0 Å². The maximum Gasteiger partial charge on any atom is 0.154 e. The summed E-state index contributed by atoms with van der Waals surface area (Å²) in [4.78, 5) is 0. The van der Waals surface area contributed by atoms with Gasteiger partial charge in [0.05, 0.1) is 11.5 Å². The molecular weight excluding hydrogens is 220 g/mol. The largest absolute Gasteiger partial charge is 0.228 e. The summed E-state index contributed by atoms with van der Waals surface area (Å²) in [6.07, 6.45) is 2.87. The van der Waals surface area contributed by atoms with E-state index in [4.69, 9.17) is 0 Å². The summed E-state index contributed by atoms with van der Waals surface area (Å²) in [6.45, 7) is 4.03. The van der Waals surface area contributed by atoms with Crippen LogP contribution in [0.5, 0.6) is 0 Å². The van der Waals surface area contributed by atoms with E-state index in [1.54, 1.807) is 0 Å². The SMILES string of the molecule is CCCc1ccc(CS(=O)(=O)CCC)cc1. The van der Waals surface area contributed by atoms with E-state index in [1.165, 1.54) is 5.56 Å². The highest BCUT2D eigenvalue weighted by molar-refractivity contribution is 7.90. The van der Waals surface area contributed by atoms with E-state index in [9.17, 15) is 8.42 Å². The molecule has 0 aliphatic heterocycles. The van der Waals surface area contributed by atoms with Crippen LogP contribution in [-0.2, 0) is 22.0 Å². The normalized spacial score (nSPS) is 11.6. The Balaban J connectivity index is 2.68. The number of hydrogen-bond acceptors (Lipinski definition) is 2. The molecule has 0 aliphatic carbocycles. The van der Waals surface area contributed by atoms with Gasteiger partial charge in [-0.1, -0.05) is 44.5 Å². The van der Waals surface area contributed by atoms with Gasteiger partial charge in [0.1, 0.15) is 0 Å². The molecular formula is C13H20O2S. The van der Waals surface area contributed by atoms with Crippen molar-refractivity contribution >= 4 is 9.84 Å². The molecule has 1 rings (SSSR count). The summed E-state index contributed by atoms with van der Waals surface area (Å²) in [7, 11) is -2.91. The van der Waals surface area contributed by atoms with Crippen LogP contribution in [0.2, 0.25) is 0 Å². The zero-order valence-electron chi connectivity index (χ0n) is 10.1. The zero-order valence-corrected chi connectivity index (χ0v) is 10.9. The molecule has 1 aromatic rings. The predicted octanol–water partition coefficient (Wildman–Crippen LogP) is 2.96. The third kappa shape index (κ3) is 4.35. The van der Waals surface area contributed by atoms with Crippen LogP contribution in [0, 0.1) is 0 Å². The molecule has 0 bridgehead atoms. The number of sulfone groups is 1. The van der Waals surface area contributed by atoms with Gasteiger partial charge in [-0.2, -0.15) is 0 Å². The van der Waals surface area contributed by atoms with Gasteiger partial charge in [0.2, 0.25) is 0 Å². The second-order valence-electron chi connectivity index (χ2n) is 4.16. The first-order valence-corrected chi connectivity index (χ1v) is 7.67. The van der Waals surface area contributed by atoms with Crippen LogP contribution in [0.1, 0.15) is 37.8 Å². The Kier molecular flexibility index (Phi) is 5.00. The highest BCUT2D eigenvalue weighted by Gasteiger charge is 2.10. The van der Waals surface area contributed by atoms with E-state index in [0.717, 1.165) is 18.4 Å². The minimum atomic E-state index is -2.91. The summed E-state index contributed by atoms with van der Waals surface area (Å²) in [5.41, 5.74) is 2.17. The second-order valence-corrected chi connectivity index (χ2v) is 6.34. The van der Waals surface area contributed by atoms with Gasteiger partial charge >= 0.3 is 0 Å². The van der Waals surface area contributed by atoms with Gasteiger partial charge in [0.25, 0.3) is 0 Å². The minimum absolute atomic E-state index is 0.174. The van der Waals surface area contributed by atoms with Crippen LogP contribution >= 0.6 is 0 Å². The summed E-state index contributed by atoms with van der Waals surface area (Å²) >= 11 is 0. The first-order chi connectivity index (χ1) is 7.57. The van der Waals surface area contributed by atoms with Crippen LogP contribution in [0.4, 0.5) is 0 Å². The first-order valence-electron chi connectivity index (χ1n) is 5.85. The molecule has 0 heterocycles. The standard InChI is InChI=1S/C13H20O2S/c1-3-5-12-6-8-13(9-7-12)11-16(14,15)10-4-2/h6-9H,3-5,10-11H2,1-2H3. The lowest BCUT2D eigenvalue weighted by Crippen LogP contribution is -2.08. The molecule has 0 amide bonds. The van der Waals surface area contributed by atoms with Gasteiger partial charge in [-0.15, -0.1) is 0 Å². The van der Waals surface area contributed by atoms with Crippen LogP contribution in [0.3, 0.4) is 0 Å². The van der Waals surface area contributed by atoms with E-state index < -0.39 is 9.84 Å². The van der Waals surface area contributed by atoms with E-state index in [-0.39, 0.29) is 11.5 Å². The average molecular weight is 240 g/mol. The molecule has 0 saturated carbocycles. The lowest BCUT2D eigenvalue weighted by atomic mass is 10.1. The molecule has 0 unspecified atom stereocenters. The van der Waals surface area contributed by atoms with Crippen LogP contribution in [0.25, 0.3) is 0 Å². The third-order valence-corrected chi connectivity index (χ3v) is 4.27. The molecule has 0 spiro atoms. The molecule has 0 saturated heterocycles. The van der Waals surface area contributed by atoms with E-state index >= 15 is 0 Å². The van der Waals surface area contributed by atoms with E-state index in [2.05, 4.69) is 6.92 Å². The van der Waals surface area contributed by atoms with E-state index in [0.29, 0.717) is 6.42 Å². The molecule has 0 fully saturated rings. The smallest absolute Gasteiger partial charge is 0.154 e. The highest BCUT2D eigenvalue weighted by Crippen LogP contribution is 2.10. The summed E-state index contributed by atoms with van der Waals surface area (Å²) in [5.74, 6) is 0.455. The van der Waals surface area contributed by atoms with Gasteiger partial charge in [0.15, 0.2) is 9.84 Å². The fraction of sp³-hybridized carbons (Fsp3) is 0.538. The second kappa shape index (κ2) is 6.04. The quantitative estimate of drug-likeness (QED) is 0.766. The first kappa shape index (κ1) is 13.2. The number of rotatable bonds is 6. The minimum Gasteiger partial charge on any atom is -0.228 e. The Hall–Kier alpha value is -0.830. The lowest BCUT2D eigenvalue weighted by Gasteiger charge is -2.04.